The predicted molar refractivity (Wildman–Crippen MR) is 81.6 cm³/mol. The second kappa shape index (κ2) is 5.11. The number of hydrogen-bond acceptors (Lipinski definition) is 5. The number of rotatable bonds is 4. The lowest BCUT2D eigenvalue weighted by Crippen LogP contribution is -2.41. The summed E-state index contributed by atoms with van der Waals surface area (Å²) < 4.78 is 0. The van der Waals surface area contributed by atoms with Gasteiger partial charge in [0, 0.05) is 20.1 Å². The van der Waals surface area contributed by atoms with Crippen LogP contribution in [0.25, 0.3) is 0 Å². The fraction of sp³-hybridized carbons (Fsp3) is 0.231. The second-order valence-corrected chi connectivity index (χ2v) is 5.14. The van der Waals surface area contributed by atoms with Gasteiger partial charge in [-0.1, -0.05) is 18.2 Å². The van der Waals surface area contributed by atoms with Crippen LogP contribution < -0.4 is 32.5 Å². The molecule has 1 atom stereocenters. The zero-order valence-electron chi connectivity index (χ0n) is 10.6. The molecule has 1 unspecified atom stereocenters. The molecule has 0 bridgehead atoms. The zero-order chi connectivity index (χ0) is 14.2. The van der Waals surface area contributed by atoms with Crippen molar-refractivity contribution in [3.63, 3.8) is 0 Å². The van der Waals surface area contributed by atoms with Crippen LogP contribution in [-0.4, -0.2) is 7.05 Å². The number of hydrogen-bond donors (Lipinski definition) is 2. The minimum absolute atomic E-state index is 0.0489. The van der Waals surface area contributed by atoms with Gasteiger partial charge < -0.3 is 16.4 Å². The first-order chi connectivity index (χ1) is 8.95. The van der Waals surface area contributed by atoms with Gasteiger partial charge in [-0.3, -0.25) is 9.59 Å². The van der Waals surface area contributed by atoms with Gasteiger partial charge in [-0.25, -0.2) is 0 Å². The minimum Gasteiger partial charge on any atom is -0.394 e. The summed E-state index contributed by atoms with van der Waals surface area (Å²) in [6.07, 6.45) is 0. The van der Waals surface area contributed by atoms with Gasteiger partial charge in [0.15, 0.2) is 0 Å². The molecule has 0 spiro atoms. The topological polar surface area (TPSA) is 89.4 Å². The second-order valence-electron chi connectivity index (χ2n) is 4.51. The largest absolute Gasteiger partial charge is 0.394 e. The summed E-state index contributed by atoms with van der Waals surface area (Å²) in [5.74, 6) is 0. The Morgan fingerprint density at radius 3 is 2.53 bits per heavy atom. The summed E-state index contributed by atoms with van der Waals surface area (Å²) in [6, 6.07) is 5.90. The first-order valence-electron chi connectivity index (χ1n) is 5.83. The molecule has 100 valence electrons. The highest BCUT2D eigenvalue weighted by Crippen LogP contribution is 2.18. The molecule has 0 aliphatic rings. The van der Waals surface area contributed by atoms with Gasteiger partial charge in [-0.15, -0.1) is 9.24 Å². The zero-order valence-corrected chi connectivity index (χ0v) is 11.8. The molecule has 0 aliphatic carbocycles. The van der Waals surface area contributed by atoms with E-state index in [2.05, 4.69) is 9.24 Å². The summed E-state index contributed by atoms with van der Waals surface area (Å²) in [5, 5.41) is 1.03. The van der Waals surface area contributed by atoms with Crippen molar-refractivity contribution in [3.05, 3.63) is 49.8 Å². The smallest absolute Gasteiger partial charge is 0.253 e. The van der Waals surface area contributed by atoms with Crippen LogP contribution in [0, 0.1) is 0 Å². The van der Waals surface area contributed by atoms with Gasteiger partial charge >= 0.3 is 0 Å². The van der Waals surface area contributed by atoms with Crippen molar-refractivity contribution in [1.82, 2.24) is 0 Å². The Morgan fingerprint density at radius 2 is 1.95 bits per heavy atom. The maximum Gasteiger partial charge on any atom is 0.253 e. The summed E-state index contributed by atoms with van der Waals surface area (Å²) in [5.41, 5.74) is 12.4. The van der Waals surface area contributed by atoms with Crippen molar-refractivity contribution in [2.24, 2.45) is 5.73 Å². The standard InChI is InChI=1S/C13H16N3O2P/c1-16(11-10(15)12(17)13(11)18)6-8-4-7(5-14)2-3-9(8)19/h2-4H,5-6,14-15,19H2,1H3. The highest BCUT2D eigenvalue weighted by molar-refractivity contribution is 7.27. The van der Waals surface area contributed by atoms with Crippen molar-refractivity contribution in [2.45, 2.75) is 13.1 Å². The van der Waals surface area contributed by atoms with Crippen LogP contribution in [0.5, 0.6) is 0 Å². The van der Waals surface area contributed by atoms with Crippen LogP contribution in [0.15, 0.2) is 27.8 Å². The Labute approximate surface area is 113 Å². The molecule has 2 aromatic carbocycles. The molecule has 6 heteroatoms. The highest BCUT2D eigenvalue weighted by Gasteiger charge is 2.21. The Balaban J connectivity index is 2.27. The first-order valence-corrected chi connectivity index (χ1v) is 6.40. The van der Waals surface area contributed by atoms with Crippen LogP contribution in [0.2, 0.25) is 0 Å². The maximum atomic E-state index is 11.5. The van der Waals surface area contributed by atoms with E-state index in [-0.39, 0.29) is 5.69 Å². The lowest BCUT2D eigenvalue weighted by Gasteiger charge is -2.22. The molecule has 0 heterocycles. The molecule has 0 saturated heterocycles. The number of benzene rings is 1. The molecule has 0 fully saturated rings. The summed E-state index contributed by atoms with van der Waals surface area (Å²) in [4.78, 5) is 24.3. The van der Waals surface area contributed by atoms with Gasteiger partial charge in [0.1, 0.15) is 11.4 Å². The first kappa shape index (κ1) is 13.7. The Hall–Kier alpha value is -1.71. The van der Waals surface area contributed by atoms with Crippen LogP contribution in [0.4, 0.5) is 11.4 Å². The molecule has 0 radical (unpaired) electrons. The molecular formula is C13H16N3O2P. The van der Waals surface area contributed by atoms with E-state index in [0.29, 0.717) is 18.8 Å². The van der Waals surface area contributed by atoms with Crippen molar-refractivity contribution >= 4 is 25.9 Å². The van der Waals surface area contributed by atoms with Crippen LogP contribution in [0.1, 0.15) is 11.1 Å². The average molecular weight is 277 g/mol. The average Bonchev–Trinajstić information content (AvgIpc) is 2.41. The van der Waals surface area contributed by atoms with E-state index in [9.17, 15) is 9.59 Å². The molecule has 0 aromatic heterocycles. The summed E-state index contributed by atoms with van der Waals surface area (Å²) in [6.45, 7) is 0.964. The van der Waals surface area contributed by atoms with Gasteiger partial charge in [0.2, 0.25) is 0 Å². The number of anilines is 2. The van der Waals surface area contributed by atoms with Gasteiger partial charge in [-0.05, 0) is 16.4 Å². The molecule has 2 rings (SSSR count). The van der Waals surface area contributed by atoms with E-state index in [1.165, 1.54) is 0 Å². The van der Waals surface area contributed by atoms with E-state index in [0.717, 1.165) is 16.4 Å². The molecular weight excluding hydrogens is 261 g/mol. The monoisotopic (exact) mass is 277 g/mol. The third-order valence-corrected chi connectivity index (χ3v) is 3.72. The predicted octanol–water partition coefficient (Wildman–Crippen LogP) is -0.540. The third kappa shape index (κ3) is 2.39. The Morgan fingerprint density at radius 1 is 1.26 bits per heavy atom. The van der Waals surface area contributed by atoms with Crippen molar-refractivity contribution in [3.8, 4) is 0 Å². The van der Waals surface area contributed by atoms with Gasteiger partial charge in [0.05, 0.1) is 0 Å². The molecule has 2 aromatic rings. The minimum atomic E-state index is -0.594. The SMILES string of the molecule is CN(Cc1cc(CN)ccc1P)c1c(N)c(=O)c1=O. The van der Waals surface area contributed by atoms with E-state index >= 15 is 0 Å². The molecule has 4 N–H and O–H groups in total. The Bertz CT molecular complexity index is 690. The van der Waals surface area contributed by atoms with E-state index in [4.69, 9.17) is 11.5 Å². The van der Waals surface area contributed by atoms with E-state index < -0.39 is 10.9 Å². The number of nitrogens with two attached hydrogens (primary N) is 2. The fourth-order valence-corrected chi connectivity index (χ4v) is 2.30. The van der Waals surface area contributed by atoms with Gasteiger partial charge in [0.25, 0.3) is 10.9 Å². The van der Waals surface area contributed by atoms with Crippen molar-refractivity contribution in [2.75, 3.05) is 17.7 Å². The van der Waals surface area contributed by atoms with Crippen LogP contribution >= 0.6 is 9.24 Å². The third-order valence-electron chi connectivity index (χ3n) is 3.15. The number of nitrogens with zero attached hydrogens (tertiary/aromatic N) is 1. The highest BCUT2D eigenvalue weighted by atomic mass is 31.0. The van der Waals surface area contributed by atoms with Crippen molar-refractivity contribution < 1.29 is 0 Å². The lowest BCUT2D eigenvalue weighted by molar-refractivity contribution is 0.911. The summed E-state index contributed by atoms with van der Waals surface area (Å²) >= 11 is 0. The van der Waals surface area contributed by atoms with E-state index in [1.54, 1.807) is 11.9 Å². The number of nitrogen functional groups attached to an aromatic ring is 1. The van der Waals surface area contributed by atoms with Crippen molar-refractivity contribution in [1.29, 1.82) is 0 Å². The molecule has 0 saturated carbocycles. The summed E-state index contributed by atoms with van der Waals surface area (Å²) in [7, 11) is 4.38. The van der Waals surface area contributed by atoms with Crippen LogP contribution in [0.3, 0.4) is 0 Å². The van der Waals surface area contributed by atoms with Crippen LogP contribution in [-0.2, 0) is 13.1 Å². The molecule has 0 aliphatic heterocycles. The molecule has 19 heavy (non-hydrogen) atoms. The fourth-order valence-electron chi connectivity index (χ4n) is 2.03. The Kier molecular flexibility index (Phi) is 3.69. The lowest BCUT2D eigenvalue weighted by atomic mass is 10.1. The molecule has 0 amide bonds. The quantitative estimate of drug-likeness (QED) is 0.579. The molecule has 5 nitrogen and oxygen atoms in total. The van der Waals surface area contributed by atoms with E-state index in [1.807, 2.05) is 18.2 Å². The van der Waals surface area contributed by atoms with Gasteiger partial charge in [-0.2, -0.15) is 0 Å². The normalized spacial score (nSPS) is 10.9. The maximum absolute atomic E-state index is 11.5.